The molecule has 0 bridgehead atoms. The molecule has 72 heavy (non-hydrogen) atoms. The van der Waals surface area contributed by atoms with Crippen LogP contribution in [0.2, 0.25) is 0 Å². The van der Waals surface area contributed by atoms with Crippen molar-refractivity contribution in [2.45, 2.75) is 148 Å². The van der Waals surface area contributed by atoms with E-state index in [1.54, 1.807) is 0 Å². The van der Waals surface area contributed by atoms with Gasteiger partial charge in [-0.25, -0.2) is 15.0 Å². The molecule has 6 aromatic carbocycles. The average Bonchev–Trinajstić information content (AvgIpc) is 4.05. The van der Waals surface area contributed by atoms with Gasteiger partial charge in [-0.2, -0.15) is 0 Å². The normalized spacial score (nSPS) is 13.0. The van der Waals surface area contributed by atoms with E-state index in [-0.39, 0.29) is 0 Å². The summed E-state index contributed by atoms with van der Waals surface area (Å²) in [5.74, 6) is 1.13. The van der Waals surface area contributed by atoms with Gasteiger partial charge in [0.15, 0.2) is 0 Å². The number of benzene rings is 6. The maximum absolute atomic E-state index is 6.44. The van der Waals surface area contributed by atoms with Crippen LogP contribution in [0, 0.1) is 0 Å². The first kappa shape index (κ1) is 51.8. The van der Waals surface area contributed by atoms with Gasteiger partial charge in [-0.1, -0.05) is 251 Å². The summed E-state index contributed by atoms with van der Waals surface area (Å²) in [5.41, 5.74) is 9.27. The second kappa shape index (κ2) is 27.9. The summed E-state index contributed by atoms with van der Waals surface area (Å²) < 4.78 is 15.1. The molecule has 0 spiro atoms. The van der Waals surface area contributed by atoms with E-state index in [1.165, 1.54) is 116 Å². The van der Waals surface area contributed by atoms with Crippen molar-refractivity contribution in [3.05, 3.63) is 187 Å². The highest BCUT2D eigenvalue weighted by Crippen LogP contribution is 2.47. The lowest BCUT2D eigenvalue weighted by atomic mass is 10.0. The van der Waals surface area contributed by atoms with Gasteiger partial charge in [-0.05, 0) is 61.4 Å². The van der Waals surface area contributed by atoms with Crippen LogP contribution < -0.4 is 9.47 Å². The second-order valence-corrected chi connectivity index (χ2v) is 19.6. The van der Waals surface area contributed by atoms with Gasteiger partial charge in [-0.3, -0.25) is 4.57 Å². The van der Waals surface area contributed by atoms with Crippen molar-refractivity contribution in [3.63, 3.8) is 0 Å². The smallest absolute Gasteiger partial charge is 0.261 e. The quantitative estimate of drug-likeness (QED) is 0.0407. The Morgan fingerprint density at radius 2 is 0.722 bits per heavy atom. The Balaban J connectivity index is 1.16. The molecule has 6 heteroatoms. The third-order valence-corrected chi connectivity index (χ3v) is 14.0. The largest absolute Gasteiger partial charge is 0.494 e. The minimum atomic E-state index is -1.32. The number of hydrogen-bond acceptors (Lipinski definition) is 5. The number of aromatic nitrogens is 2. The molecule has 0 fully saturated rings. The summed E-state index contributed by atoms with van der Waals surface area (Å²) in [6.45, 7) is 5.96. The zero-order chi connectivity index (χ0) is 49.5. The van der Waals surface area contributed by atoms with Crippen LogP contribution in [-0.4, -0.2) is 34.2 Å². The Hall–Kier alpha value is -6.53. The van der Waals surface area contributed by atoms with Crippen LogP contribution >= 0.6 is 0 Å². The SMILES string of the molecule is CCCCCCCCCCCCOc1ccc(-c2nc(-c3ccccc3)c(-c3ccccc3)n2C2(c3ccc(OCCCCCCCCCCCC)cc3)N=C(c3ccccc3)C(c3ccccc3)=N2)cc1. The van der Waals surface area contributed by atoms with E-state index in [9.17, 15) is 0 Å². The first-order valence-electron chi connectivity index (χ1n) is 27.7. The first-order valence-corrected chi connectivity index (χ1v) is 27.7. The van der Waals surface area contributed by atoms with E-state index in [0.29, 0.717) is 13.2 Å². The van der Waals surface area contributed by atoms with Gasteiger partial charge in [0, 0.05) is 33.4 Å². The summed E-state index contributed by atoms with van der Waals surface area (Å²) >= 11 is 0. The third-order valence-electron chi connectivity index (χ3n) is 14.0. The van der Waals surface area contributed by atoms with Crippen molar-refractivity contribution < 1.29 is 9.47 Å². The van der Waals surface area contributed by atoms with Crippen molar-refractivity contribution in [2.75, 3.05) is 13.2 Å². The Labute approximate surface area is 431 Å². The molecule has 1 aromatic heterocycles. The molecule has 1 aliphatic rings. The molecule has 2 heterocycles. The minimum absolute atomic E-state index is 0.691. The highest BCUT2D eigenvalue weighted by atomic mass is 16.5. The van der Waals surface area contributed by atoms with E-state index in [4.69, 9.17) is 24.4 Å². The standard InChI is InChI=1S/C66H78N4O2/c1-3-5-7-9-11-13-15-17-19-33-51-71-59-47-43-57(44-48-59)65-67-63(55-39-29-23-30-40-55)64(56-41-31-24-32-42-56)70(65)66(68-61(53-35-25-21-26-36-53)62(69-66)54-37-27-22-28-38-54)58-45-49-60(50-46-58)72-52-34-20-18-16-14-12-10-8-6-4-2/h21-32,35-50H,3-20,33-34,51-52H2,1-2H3. The van der Waals surface area contributed by atoms with Crippen LogP contribution in [0.5, 0.6) is 11.5 Å². The van der Waals surface area contributed by atoms with Crippen LogP contribution in [0.1, 0.15) is 159 Å². The maximum atomic E-state index is 6.44. The monoisotopic (exact) mass is 959 g/mol. The molecule has 1 aliphatic heterocycles. The van der Waals surface area contributed by atoms with E-state index >= 15 is 0 Å². The van der Waals surface area contributed by atoms with Gasteiger partial charge in [0.2, 0.25) is 0 Å². The van der Waals surface area contributed by atoms with E-state index in [0.717, 1.165) is 86.4 Å². The first-order chi connectivity index (χ1) is 35.7. The van der Waals surface area contributed by atoms with Gasteiger partial charge >= 0.3 is 0 Å². The van der Waals surface area contributed by atoms with Crippen LogP contribution in [0.3, 0.4) is 0 Å². The lowest BCUT2D eigenvalue weighted by Gasteiger charge is -2.30. The molecule has 0 saturated heterocycles. The average molecular weight is 959 g/mol. The zero-order valence-corrected chi connectivity index (χ0v) is 43.3. The van der Waals surface area contributed by atoms with Gasteiger partial charge in [-0.15, -0.1) is 0 Å². The lowest BCUT2D eigenvalue weighted by Crippen LogP contribution is -2.31. The molecule has 0 atom stereocenters. The fraction of sp³-hybridized carbons (Fsp3) is 0.379. The molecule has 0 amide bonds. The highest BCUT2D eigenvalue weighted by Gasteiger charge is 2.45. The molecular formula is C66H78N4O2. The van der Waals surface area contributed by atoms with Crippen LogP contribution in [0.15, 0.2) is 180 Å². The third kappa shape index (κ3) is 13.9. The summed E-state index contributed by atoms with van der Waals surface area (Å²) in [6.07, 6.45) is 25.9. The van der Waals surface area contributed by atoms with Crippen molar-refractivity contribution in [1.29, 1.82) is 0 Å². The Morgan fingerprint density at radius 1 is 0.361 bits per heavy atom. The minimum Gasteiger partial charge on any atom is -0.494 e. The molecule has 0 aliphatic carbocycles. The van der Waals surface area contributed by atoms with E-state index < -0.39 is 5.79 Å². The molecule has 0 radical (unpaired) electrons. The summed E-state index contributed by atoms with van der Waals surface area (Å²) in [5, 5.41) is 0. The molecule has 6 nitrogen and oxygen atoms in total. The number of rotatable bonds is 31. The molecular weight excluding hydrogens is 881 g/mol. The fourth-order valence-electron chi connectivity index (χ4n) is 10.0. The number of imidazole rings is 1. The fourth-order valence-corrected chi connectivity index (χ4v) is 10.0. The van der Waals surface area contributed by atoms with Crippen molar-refractivity contribution in [3.8, 4) is 45.4 Å². The second-order valence-electron chi connectivity index (χ2n) is 19.6. The van der Waals surface area contributed by atoms with Gasteiger partial charge < -0.3 is 9.47 Å². The number of unbranched alkanes of at least 4 members (excludes halogenated alkanes) is 18. The summed E-state index contributed by atoms with van der Waals surface area (Å²) in [6, 6.07) is 59.1. The Bertz CT molecular complexity index is 2640. The number of hydrogen-bond donors (Lipinski definition) is 0. The van der Waals surface area contributed by atoms with Crippen molar-refractivity contribution in [2.24, 2.45) is 9.98 Å². The lowest BCUT2D eigenvalue weighted by molar-refractivity contribution is 0.303. The zero-order valence-electron chi connectivity index (χ0n) is 43.3. The summed E-state index contributed by atoms with van der Waals surface area (Å²) in [4.78, 5) is 17.5. The number of ether oxygens (including phenoxy) is 2. The van der Waals surface area contributed by atoms with E-state index in [2.05, 4.69) is 188 Å². The van der Waals surface area contributed by atoms with Crippen LogP contribution in [0.25, 0.3) is 33.9 Å². The van der Waals surface area contributed by atoms with E-state index in [1.807, 2.05) is 0 Å². The van der Waals surface area contributed by atoms with Crippen LogP contribution in [-0.2, 0) is 5.79 Å². The predicted octanol–water partition coefficient (Wildman–Crippen LogP) is 18.1. The Morgan fingerprint density at radius 3 is 1.14 bits per heavy atom. The Kier molecular flexibility index (Phi) is 20.1. The highest BCUT2D eigenvalue weighted by molar-refractivity contribution is 6.54. The molecule has 0 saturated carbocycles. The molecule has 8 rings (SSSR count). The van der Waals surface area contributed by atoms with Gasteiger partial charge in [0.05, 0.1) is 36.0 Å². The van der Waals surface area contributed by atoms with Gasteiger partial charge in [0.25, 0.3) is 5.79 Å². The molecule has 7 aromatic rings. The number of aliphatic imine (C=N–C) groups is 2. The molecule has 0 unspecified atom stereocenters. The van der Waals surface area contributed by atoms with Crippen molar-refractivity contribution >= 4 is 11.4 Å². The maximum Gasteiger partial charge on any atom is 0.261 e. The summed E-state index contributed by atoms with van der Waals surface area (Å²) in [7, 11) is 0. The topological polar surface area (TPSA) is 61.0 Å². The van der Waals surface area contributed by atoms with Crippen LogP contribution in [0.4, 0.5) is 0 Å². The molecule has 374 valence electrons. The van der Waals surface area contributed by atoms with Gasteiger partial charge in [0.1, 0.15) is 17.3 Å². The number of nitrogens with zero attached hydrogens (tertiary/aromatic N) is 4. The molecule has 0 N–H and O–H groups in total. The predicted molar refractivity (Wildman–Crippen MR) is 303 cm³/mol. The van der Waals surface area contributed by atoms with Crippen molar-refractivity contribution in [1.82, 2.24) is 9.55 Å².